The minimum absolute atomic E-state index is 1.06. The van der Waals surface area contributed by atoms with Gasteiger partial charge in [-0.05, 0) is 39.5 Å². The van der Waals surface area contributed by atoms with E-state index in [1.54, 1.807) is 0 Å². The van der Waals surface area contributed by atoms with Crippen LogP contribution in [0.5, 0.6) is 0 Å². The summed E-state index contributed by atoms with van der Waals surface area (Å²) in [6, 6.07) is 10.6. The molecule has 0 saturated carbocycles. The van der Waals surface area contributed by atoms with Crippen molar-refractivity contribution in [3.63, 3.8) is 0 Å². The van der Waals surface area contributed by atoms with Crippen LogP contribution in [0.25, 0.3) is 0 Å². The monoisotopic (exact) mass is 206 g/mol. The van der Waals surface area contributed by atoms with Gasteiger partial charge in [-0.2, -0.15) is 0 Å². The van der Waals surface area contributed by atoms with Gasteiger partial charge in [0.2, 0.25) is 0 Å². The standard InChI is InChI=1S/C11H15.C3H9N/c1-2-3-5-8-11-9-6-4-7-10-11;1-4(2)3/h4,6-7,9-10H,1-3,5,8H2;1-3H3. The fraction of sp³-hybridized carbons (Fsp3) is 0.500. The minimum Gasteiger partial charge on any atom is -0.312 e. The maximum atomic E-state index is 3.82. The summed E-state index contributed by atoms with van der Waals surface area (Å²) >= 11 is 0. The number of aryl methyl sites for hydroxylation is 1. The van der Waals surface area contributed by atoms with Crippen LogP contribution in [0.4, 0.5) is 0 Å². The molecule has 0 aliphatic heterocycles. The fourth-order valence-corrected chi connectivity index (χ4v) is 1.15. The fourth-order valence-electron chi connectivity index (χ4n) is 1.15. The number of unbranched alkanes of at least 4 members (excludes halogenated alkanes) is 2. The average Bonchev–Trinajstić information content (AvgIpc) is 2.19. The first-order valence-electron chi connectivity index (χ1n) is 5.61. The van der Waals surface area contributed by atoms with E-state index in [1.165, 1.54) is 24.8 Å². The van der Waals surface area contributed by atoms with E-state index in [1.807, 2.05) is 26.0 Å². The van der Waals surface area contributed by atoms with Gasteiger partial charge in [0, 0.05) is 0 Å². The predicted molar refractivity (Wildman–Crippen MR) is 69.0 cm³/mol. The maximum Gasteiger partial charge on any atom is -0.0140 e. The van der Waals surface area contributed by atoms with Crippen LogP contribution < -0.4 is 0 Å². The first-order valence-corrected chi connectivity index (χ1v) is 5.61. The van der Waals surface area contributed by atoms with Crippen molar-refractivity contribution in [2.75, 3.05) is 21.1 Å². The first kappa shape index (κ1) is 14.2. The smallest absolute Gasteiger partial charge is 0.0140 e. The Morgan fingerprint density at radius 3 is 2.00 bits per heavy atom. The molecular weight excluding hydrogens is 182 g/mol. The van der Waals surface area contributed by atoms with E-state index in [4.69, 9.17) is 0 Å². The van der Waals surface area contributed by atoms with E-state index in [-0.39, 0.29) is 0 Å². The van der Waals surface area contributed by atoms with E-state index >= 15 is 0 Å². The van der Waals surface area contributed by atoms with Crippen LogP contribution in [0.1, 0.15) is 24.8 Å². The first-order chi connectivity index (χ1) is 7.16. The second-order valence-electron chi connectivity index (χ2n) is 4.14. The summed E-state index contributed by atoms with van der Waals surface area (Å²) < 4.78 is 0. The second-order valence-corrected chi connectivity index (χ2v) is 4.14. The molecule has 0 aromatic heterocycles. The molecule has 0 fully saturated rings. The molecule has 1 aromatic carbocycles. The summed E-state index contributed by atoms with van der Waals surface area (Å²) in [7, 11) is 6.00. The van der Waals surface area contributed by atoms with Gasteiger partial charge in [-0.3, -0.25) is 0 Å². The largest absolute Gasteiger partial charge is 0.312 e. The van der Waals surface area contributed by atoms with Gasteiger partial charge in [-0.1, -0.05) is 50.1 Å². The molecule has 0 atom stereocenters. The Kier molecular flexibility index (Phi) is 9.19. The Morgan fingerprint density at radius 1 is 1.00 bits per heavy atom. The molecular formula is C14H24N. The molecule has 0 heterocycles. The van der Waals surface area contributed by atoms with Crippen LogP contribution in [0.15, 0.2) is 30.3 Å². The Hall–Kier alpha value is -0.820. The lowest BCUT2D eigenvalue weighted by molar-refractivity contribution is 0.505. The highest BCUT2D eigenvalue weighted by Crippen LogP contribution is 2.05. The van der Waals surface area contributed by atoms with E-state index in [0.717, 1.165) is 6.42 Å². The Bertz CT molecular complexity index is 213. The quantitative estimate of drug-likeness (QED) is 0.682. The second kappa shape index (κ2) is 9.72. The highest BCUT2D eigenvalue weighted by Gasteiger charge is 1.89. The molecule has 1 aromatic rings. The zero-order valence-corrected chi connectivity index (χ0v) is 10.4. The Labute approximate surface area is 95.1 Å². The third-order valence-electron chi connectivity index (χ3n) is 1.81. The van der Waals surface area contributed by atoms with E-state index in [9.17, 15) is 0 Å². The number of hydrogen-bond acceptors (Lipinski definition) is 1. The number of benzene rings is 1. The summed E-state index contributed by atoms with van der Waals surface area (Å²) in [6.45, 7) is 3.82. The van der Waals surface area contributed by atoms with Gasteiger partial charge < -0.3 is 4.90 Å². The van der Waals surface area contributed by atoms with Crippen LogP contribution in [-0.2, 0) is 6.42 Å². The van der Waals surface area contributed by atoms with Crippen molar-refractivity contribution in [3.8, 4) is 0 Å². The summed E-state index contributed by atoms with van der Waals surface area (Å²) in [4.78, 5) is 2.00. The molecule has 1 rings (SSSR count). The minimum atomic E-state index is 1.06. The summed E-state index contributed by atoms with van der Waals surface area (Å²) in [5, 5.41) is 0. The average molecular weight is 206 g/mol. The van der Waals surface area contributed by atoms with Gasteiger partial charge >= 0.3 is 0 Å². The summed E-state index contributed by atoms with van der Waals surface area (Å²) in [5.74, 6) is 0. The van der Waals surface area contributed by atoms with E-state index in [0.29, 0.717) is 0 Å². The van der Waals surface area contributed by atoms with Gasteiger partial charge in [0.05, 0.1) is 0 Å². The molecule has 0 amide bonds. The van der Waals surface area contributed by atoms with E-state index < -0.39 is 0 Å². The van der Waals surface area contributed by atoms with Crippen molar-refractivity contribution < 1.29 is 0 Å². The highest BCUT2D eigenvalue weighted by molar-refractivity contribution is 5.14. The van der Waals surface area contributed by atoms with Crippen LogP contribution in [0.3, 0.4) is 0 Å². The zero-order valence-electron chi connectivity index (χ0n) is 10.4. The van der Waals surface area contributed by atoms with E-state index in [2.05, 4.69) is 37.3 Å². The lowest BCUT2D eigenvalue weighted by atomic mass is 10.1. The highest BCUT2D eigenvalue weighted by atomic mass is 15.0. The van der Waals surface area contributed by atoms with Crippen LogP contribution in [-0.4, -0.2) is 26.0 Å². The summed E-state index contributed by atoms with van der Waals surface area (Å²) in [6.07, 6.45) is 4.78. The van der Waals surface area contributed by atoms with Crippen molar-refractivity contribution in [2.45, 2.75) is 25.7 Å². The lowest BCUT2D eigenvalue weighted by Gasteiger charge is -1.98. The molecule has 0 aliphatic carbocycles. The number of nitrogens with zero attached hydrogens (tertiary/aromatic N) is 1. The summed E-state index contributed by atoms with van der Waals surface area (Å²) in [5.41, 5.74) is 1.45. The van der Waals surface area contributed by atoms with Crippen molar-refractivity contribution in [3.05, 3.63) is 42.8 Å². The maximum absolute atomic E-state index is 3.82. The molecule has 0 N–H and O–H groups in total. The van der Waals surface area contributed by atoms with Crippen molar-refractivity contribution in [2.24, 2.45) is 0 Å². The molecule has 1 radical (unpaired) electrons. The van der Waals surface area contributed by atoms with Crippen molar-refractivity contribution >= 4 is 0 Å². The van der Waals surface area contributed by atoms with Gasteiger partial charge in [0.25, 0.3) is 0 Å². The predicted octanol–water partition coefficient (Wildman–Crippen LogP) is 3.41. The molecule has 0 spiro atoms. The molecule has 1 heteroatoms. The molecule has 0 unspecified atom stereocenters. The van der Waals surface area contributed by atoms with Crippen LogP contribution in [0.2, 0.25) is 0 Å². The van der Waals surface area contributed by atoms with Gasteiger partial charge in [0.15, 0.2) is 0 Å². The number of hydrogen-bond donors (Lipinski definition) is 0. The van der Waals surface area contributed by atoms with Crippen molar-refractivity contribution in [1.29, 1.82) is 0 Å². The molecule has 15 heavy (non-hydrogen) atoms. The topological polar surface area (TPSA) is 3.24 Å². The van der Waals surface area contributed by atoms with Crippen LogP contribution in [0, 0.1) is 6.92 Å². The van der Waals surface area contributed by atoms with Gasteiger partial charge in [-0.25, -0.2) is 0 Å². The Morgan fingerprint density at radius 2 is 1.53 bits per heavy atom. The van der Waals surface area contributed by atoms with Crippen LogP contribution >= 0.6 is 0 Å². The third kappa shape index (κ3) is 11.1. The number of rotatable bonds is 4. The van der Waals surface area contributed by atoms with Gasteiger partial charge in [-0.15, -0.1) is 0 Å². The van der Waals surface area contributed by atoms with Crippen molar-refractivity contribution in [1.82, 2.24) is 4.90 Å². The third-order valence-corrected chi connectivity index (χ3v) is 1.81. The Balaban J connectivity index is 0.000000423. The molecule has 0 aliphatic rings. The lowest BCUT2D eigenvalue weighted by Crippen LogP contribution is -1.99. The van der Waals surface area contributed by atoms with Gasteiger partial charge in [0.1, 0.15) is 0 Å². The molecule has 0 bridgehead atoms. The zero-order chi connectivity index (χ0) is 11.5. The SMILES string of the molecule is CN(C)C.[CH2]CCCCc1ccccc1. The molecule has 0 saturated heterocycles. The molecule has 1 nitrogen and oxygen atoms in total. The normalized spacial score (nSPS) is 9.67. The molecule has 85 valence electrons.